The van der Waals surface area contributed by atoms with Crippen molar-refractivity contribution in [2.75, 3.05) is 0 Å². The highest BCUT2D eigenvalue weighted by atomic mass is 32.2. The van der Waals surface area contributed by atoms with Crippen molar-refractivity contribution in [3.05, 3.63) is 46.5 Å². The molecular weight excluding hydrogens is 505 g/mol. The maximum Gasteiger partial charge on any atom is 0.123 e. The van der Waals surface area contributed by atoms with E-state index in [1.807, 2.05) is 37.4 Å². The molecule has 216 valence electrons. The molecule has 0 aliphatic carbocycles. The highest BCUT2D eigenvalue weighted by Crippen LogP contribution is 2.50. The molecule has 0 amide bonds. The molecule has 38 heavy (non-hydrogen) atoms. The van der Waals surface area contributed by atoms with Crippen LogP contribution in [0.2, 0.25) is 0 Å². The predicted molar refractivity (Wildman–Crippen MR) is 173 cm³/mol. The zero-order valence-corrected chi connectivity index (χ0v) is 28.9. The van der Waals surface area contributed by atoms with E-state index in [1.54, 1.807) is 0 Å². The van der Waals surface area contributed by atoms with E-state index < -0.39 is 0 Å². The van der Waals surface area contributed by atoms with Crippen LogP contribution in [0.15, 0.2) is 34.1 Å². The first-order chi connectivity index (χ1) is 16.9. The van der Waals surface area contributed by atoms with Crippen LogP contribution in [0.4, 0.5) is 0 Å². The van der Waals surface area contributed by atoms with Gasteiger partial charge < -0.3 is 10.2 Å². The largest absolute Gasteiger partial charge is 0.507 e. The van der Waals surface area contributed by atoms with Crippen molar-refractivity contribution in [1.82, 2.24) is 0 Å². The van der Waals surface area contributed by atoms with Gasteiger partial charge in [-0.2, -0.15) is 0 Å². The summed E-state index contributed by atoms with van der Waals surface area (Å²) in [6, 6.07) is 8.69. The van der Waals surface area contributed by atoms with E-state index >= 15 is 0 Å². The highest BCUT2D eigenvalue weighted by Gasteiger charge is 2.30. The summed E-state index contributed by atoms with van der Waals surface area (Å²) in [5, 5.41) is 22.3. The van der Waals surface area contributed by atoms with Crippen molar-refractivity contribution >= 4 is 23.5 Å². The summed E-state index contributed by atoms with van der Waals surface area (Å²) in [4.78, 5) is 2.35. The summed E-state index contributed by atoms with van der Waals surface area (Å²) >= 11 is 3.68. The molecule has 4 heteroatoms. The van der Waals surface area contributed by atoms with E-state index in [4.69, 9.17) is 0 Å². The van der Waals surface area contributed by atoms with Crippen molar-refractivity contribution in [3.8, 4) is 11.5 Å². The predicted octanol–water partition coefficient (Wildman–Crippen LogP) is 11.2. The Morgan fingerprint density at radius 3 is 1.16 bits per heavy atom. The summed E-state index contributed by atoms with van der Waals surface area (Å²) in [5.74, 6) is 0.861. The minimum atomic E-state index is -0.160. The molecular formula is C34H56O2S2. The number of hydrogen-bond donors (Lipinski definition) is 2. The van der Waals surface area contributed by atoms with Gasteiger partial charge in [0.05, 0.1) is 4.08 Å². The van der Waals surface area contributed by atoms with Gasteiger partial charge in [0.25, 0.3) is 0 Å². The average Bonchev–Trinajstić information content (AvgIpc) is 2.69. The SMILES string of the molecule is CC.CC(C)(C)Cc1cc(SC(C)(C)Sc2cc(C(C)(C)C)c(O)c(C(C)(C)C)c2)cc(C(C)(C)C)c1O. The van der Waals surface area contributed by atoms with Gasteiger partial charge in [0, 0.05) is 26.5 Å². The normalized spacial score (nSPS) is 13.3. The third kappa shape index (κ3) is 9.73. The summed E-state index contributed by atoms with van der Waals surface area (Å²) in [7, 11) is 0. The zero-order valence-electron chi connectivity index (χ0n) is 27.2. The molecule has 0 bridgehead atoms. The van der Waals surface area contributed by atoms with Crippen LogP contribution in [0.3, 0.4) is 0 Å². The van der Waals surface area contributed by atoms with E-state index in [2.05, 4.69) is 121 Å². The molecule has 0 fully saturated rings. The molecule has 0 atom stereocenters. The molecule has 0 aromatic heterocycles. The van der Waals surface area contributed by atoms with Crippen LogP contribution >= 0.6 is 23.5 Å². The lowest BCUT2D eigenvalue weighted by Crippen LogP contribution is -2.18. The van der Waals surface area contributed by atoms with Crippen LogP contribution in [0, 0.1) is 5.41 Å². The number of thioether (sulfide) groups is 2. The standard InChI is InChI=1S/C32H50O2S2.C2H6/c1-28(2,3)19-20-15-21(16-23(26(20)33)29(4,5)6)35-32(13,14)36-22-17-24(30(7,8)9)27(34)25(18-22)31(10,11)12;1-2/h15-18,33-34H,19H2,1-14H3;1-2H3. The van der Waals surface area contributed by atoms with E-state index in [9.17, 15) is 10.2 Å². The van der Waals surface area contributed by atoms with Gasteiger partial charge in [-0.25, -0.2) is 0 Å². The lowest BCUT2D eigenvalue weighted by atomic mass is 9.79. The van der Waals surface area contributed by atoms with Gasteiger partial charge in [0.2, 0.25) is 0 Å². The Bertz CT molecular complexity index is 1050. The minimum Gasteiger partial charge on any atom is -0.507 e. The van der Waals surface area contributed by atoms with Crippen LogP contribution < -0.4 is 0 Å². The second kappa shape index (κ2) is 12.1. The van der Waals surface area contributed by atoms with Crippen LogP contribution in [0.25, 0.3) is 0 Å². The van der Waals surface area contributed by atoms with Gasteiger partial charge in [-0.15, -0.1) is 23.5 Å². The summed E-state index contributed by atoms with van der Waals surface area (Å²) in [5.41, 5.74) is 3.63. The second-order valence-electron chi connectivity index (χ2n) is 14.9. The maximum absolute atomic E-state index is 11.1. The second-order valence-corrected chi connectivity index (χ2v) is 18.6. The van der Waals surface area contributed by atoms with Crippen LogP contribution in [-0.2, 0) is 22.7 Å². The monoisotopic (exact) mass is 560 g/mol. The molecule has 2 aromatic rings. The summed E-state index contributed by atoms with van der Waals surface area (Å²) < 4.78 is -0.160. The molecule has 0 heterocycles. The highest BCUT2D eigenvalue weighted by molar-refractivity contribution is 8.18. The molecule has 2 N–H and O–H groups in total. The molecule has 2 aromatic carbocycles. The van der Waals surface area contributed by atoms with Gasteiger partial charge in [0.15, 0.2) is 0 Å². The molecule has 0 aliphatic rings. The Kier molecular flexibility index (Phi) is 11.1. The number of phenolic OH excluding ortho intramolecular Hbond substituents is 2. The van der Waals surface area contributed by atoms with Crippen LogP contribution in [0.5, 0.6) is 11.5 Å². The minimum absolute atomic E-state index is 0.0823. The Morgan fingerprint density at radius 1 is 0.526 bits per heavy atom. The van der Waals surface area contributed by atoms with Gasteiger partial charge in [-0.05, 0) is 71.8 Å². The maximum atomic E-state index is 11.1. The number of phenols is 2. The van der Waals surface area contributed by atoms with Crippen molar-refractivity contribution in [3.63, 3.8) is 0 Å². The molecule has 0 unspecified atom stereocenters. The molecule has 2 nitrogen and oxygen atoms in total. The number of aromatic hydroxyl groups is 2. The molecule has 0 saturated carbocycles. The molecule has 0 saturated heterocycles. The topological polar surface area (TPSA) is 40.5 Å². The van der Waals surface area contributed by atoms with Crippen molar-refractivity contribution in [1.29, 1.82) is 0 Å². The zero-order chi connectivity index (χ0) is 30.1. The summed E-state index contributed by atoms with van der Waals surface area (Å²) in [6.45, 7) is 34.6. The Balaban J connectivity index is 0.00000352. The Labute approximate surface area is 243 Å². The lowest BCUT2D eigenvalue weighted by molar-refractivity contribution is 0.387. The fourth-order valence-electron chi connectivity index (χ4n) is 4.40. The fourth-order valence-corrected chi connectivity index (χ4v) is 7.01. The van der Waals surface area contributed by atoms with Crippen molar-refractivity contribution in [2.24, 2.45) is 5.41 Å². The van der Waals surface area contributed by atoms with Gasteiger partial charge >= 0.3 is 0 Å². The third-order valence-corrected chi connectivity index (χ3v) is 8.54. The van der Waals surface area contributed by atoms with E-state index in [-0.39, 0.29) is 25.7 Å². The van der Waals surface area contributed by atoms with E-state index in [0.29, 0.717) is 11.5 Å². The van der Waals surface area contributed by atoms with Gasteiger partial charge in [-0.3, -0.25) is 0 Å². The molecule has 0 spiro atoms. The third-order valence-electron chi connectivity index (χ3n) is 6.12. The van der Waals surface area contributed by atoms with Crippen molar-refractivity contribution in [2.45, 2.75) is 147 Å². The van der Waals surface area contributed by atoms with Crippen LogP contribution in [0.1, 0.15) is 133 Å². The van der Waals surface area contributed by atoms with Crippen LogP contribution in [-0.4, -0.2) is 14.3 Å². The first kappa shape index (κ1) is 34.8. The van der Waals surface area contributed by atoms with Crippen molar-refractivity contribution < 1.29 is 10.2 Å². The Hall–Kier alpha value is -1.26. The first-order valence-corrected chi connectivity index (χ1v) is 15.7. The first-order valence-electron chi connectivity index (χ1n) is 14.0. The summed E-state index contributed by atoms with van der Waals surface area (Å²) in [6.07, 6.45) is 0.825. The lowest BCUT2D eigenvalue weighted by Gasteiger charge is -2.31. The van der Waals surface area contributed by atoms with E-state index in [1.165, 1.54) is 9.79 Å². The molecule has 0 radical (unpaired) electrons. The fraction of sp³-hybridized carbons (Fsp3) is 0.647. The average molecular weight is 561 g/mol. The number of benzene rings is 2. The molecule has 0 aliphatic heterocycles. The number of rotatable bonds is 5. The van der Waals surface area contributed by atoms with E-state index in [0.717, 1.165) is 28.7 Å². The molecule has 2 rings (SSSR count). The smallest absolute Gasteiger partial charge is 0.123 e. The number of hydrogen-bond acceptors (Lipinski definition) is 4. The Morgan fingerprint density at radius 2 is 0.842 bits per heavy atom. The quantitative estimate of drug-likeness (QED) is 0.282. The van der Waals surface area contributed by atoms with Gasteiger partial charge in [-0.1, -0.05) is 96.9 Å². The van der Waals surface area contributed by atoms with Gasteiger partial charge in [0.1, 0.15) is 11.5 Å².